The molecule has 4 nitrogen and oxygen atoms in total. The average Bonchev–Trinajstić information content (AvgIpc) is 2.47. The second-order valence-corrected chi connectivity index (χ2v) is 5.76. The number of halogens is 4. The van der Waals surface area contributed by atoms with Crippen LogP contribution < -0.4 is 10.1 Å². The summed E-state index contributed by atoms with van der Waals surface area (Å²) in [6.07, 6.45) is -3.85. The van der Waals surface area contributed by atoms with Crippen LogP contribution in [0.3, 0.4) is 0 Å². The van der Waals surface area contributed by atoms with Crippen LogP contribution in [0.5, 0.6) is 5.75 Å². The molecule has 0 radical (unpaired) electrons. The van der Waals surface area contributed by atoms with Crippen molar-refractivity contribution in [1.82, 2.24) is 10.2 Å². The smallest absolute Gasteiger partial charge is 0.406 e. The molecular formula is C16H22ClF3N2O2. The quantitative estimate of drug-likeness (QED) is 0.890. The van der Waals surface area contributed by atoms with Crippen LogP contribution in [0.4, 0.5) is 13.2 Å². The van der Waals surface area contributed by atoms with Crippen LogP contribution in [0.2, 0.25) is 0 Å². The van der Waals surface area contributed by atoms with Gasteiger partial charge in [0.15, 0.2) is 0 Å². The maximum atomic E-state index is 12.3. The van der Waals surface area contributed by atoms with Gasteiger partial charge in [-0.3, -0.25) is 4.79 Å². The number of amides is 1. The van der Waals surface area contributed by atoms with Crippen LogP contribution in [0.15, 0.2) is 24.3 Å². The molecule has 1 N–H and O–H groups in total. The summed E-state index contributed by atoms with van der Waals surface area (Å²) in [5.74, 6) is -0.182. The first-order chi connectivity index (χ1) is 10.8. The first-order valence-electron chi connectivity index (χ1n) is 7.64. The molecule has 0 aliphatic carbocycles. The van der Waals surface area contributed by atoms with Crippen molar-refractivity contribution in [2.24, 2.45) is 0 Å². The number of benzene rings is 1. The van der Waals surface area contributed by atoms with E-state index in [0.29, 0.717) is 19.4 Å². The summed E-state index contributed by atoms with van der Waals surface area (Å²) in [5.41, 5.74) is 0.809. The van der Waals surface area contributed by atoms with Gasteiger partial charge in [0.1, 0.15) is 5.75 Å². The standard InChI is InChI=1S/C16H21F3N2O2.ClH/c1-11-12(2)21(10-9-20-11)15(22)8-5-13-3-6-14(7-4-13)23-16(17,18)19;/h3-4,6-7,11-12,20H,5,8-10H2,1-2H3;1H. The summed E-state index contributed by atoms with van der Waals surface area (Å²) in [7, 11) is 0. The van der Waals surface area contributed by atoms with Gasteiger partial charge in [-0.05, 0) is 38.0 Å². The minimum Gasteiger partial charge on any atom is -0.406 e. The summed E-state index contributed by atoms with van der Waals surface area (Å²) >= 11 is 0. The minimum absolute atomic E-state index is 0. The monoisotopic (exact) mass is 366 g/mol. The molecular weight excluding hydrogens is 345 g/mol. The van der Waals surface area contributed by atoms with Gasteiger partial charge in [0.05, 0.1) is 0 Å². The predicted molar refractivity (Wildman–Crippen MR) is 87.3 cm³/mol. The average molecular weight is 367 g/mol. The molecule has 1 aliphatic heterocycles. The molecule has 0 aromatic heterocycles. The molecule has 8 heteroatoms. The Morgan fingerprint density at radius 1 is 1.29 bits per heavy atom. The first kappa shape index (κ1) is 20.6. The molecule has 2 rings (SSSR count). The Hall–Kier alpha value is -1.47. The third kappa shape index (κ3) is 5.87. The number of ether oxygens (including phenoxy) is 1. The van der Waals surface area contributed by atoms with Crippen LogP contribution in [0.1, 0.15) is 25.8 Å². The fourth-order valence-electron chi connectivity index (χ4n) is 2.66. The Morgan fingerprint density at radius 3 is 2.50 bits per heavy atom. The fraction of sp³-hybridized carbons (Fsp3) is 0.562. The number of carbonyl (C=O) groups excluding carboxylic acids is 1. The molecule has 1 heterocycles. The number of nitrogens with zero attached hydrogens (tertiary/aromatic N) is 1. The van der Waals surface area contributed by atoms with Crippen LogP contribution >= 0.6 is 12.4 Å². The molecule has 0 saturated carbocycles. The SMILES string of the molecule is CC1NCCN(C(=O)CCc2ccc(OC(F)(F)F)cc2)C1C.Cl. The lowest BCUT2D eigenvalue weighted by molar-refractivity contribution is -0.274. The maximum absolute atomic E-state index is 12.3. The van der Waals surface area contributed by atoms with E-state index in [1.165, 1.54) is 12.1 Å². The molecule has 1 aromatic carbocycles. The maximum Gasteiger partial charge on any atom is 0.573 e. The Labute approximate surface area is 145 Å². The van der Waals surface area contributed by atoms with Crippen molar-refractivity contribution in [3.05, 3.63) is 29.8 Å². The topological polar surface area (TPSA) is 41.6 Å². The van der Waals surface area contributed by atoms with Crippen molar-refractivity contribution in [1.29, 1.82) is 0 Å². The van der Waals surface area contributed by atoms with Crippen LogP contribution in [-0.4, -0.2) is 42.3 Å². The molecule has 0 bridgehead atoms. The molecule has 1 saturated heterocycles. The lowest BCUT2D eigenvalue weighted by atomic mass is 10.0. The van der Waals surface area contributed by atoms with Gasteiger partial charge >= 0.3 is 6.36 Å². The zero-order valence-corrected chi connectivity index (χ0v) is 14.4. The van der Waals surface area contributed by atoms with Crippen molar-refractivity contribution in [3.63, 3.8) is 0 Å². The number of carbonyl (C=O) groups is 1. The number of alkyl halides is 3. The highest BCUT2D eigenvalue weighted by Crippen LogP contribution is 2.23. The molecule has 1 aromatic rings. The van der Waals surface area contributed by atoms with Crippen LogP contribution in [0, 0.1) is 0 Å². The predicted octanol–water partition coefficient (Wildman–Crippen LogP) is 3.15. The second-order valence-electron chi connectivity index (χ2n) is 5.76. The summed E-state index contributed by atoms with van der Waals surface area (Å²) in [6.45, 7) is 5.52. The number of rotatable bonds is 4. The zero-order chi connectivity index (χ0) is 17.0. The van der Waals surface area contributed by atoms with E-state index in [9.17, 15) is 18.0 Å². The van der Waals surface area contributed by atoms with Gasteiger partial charge in [0.2, 0.25) is 5.91 Å². The van der Waals surface area contributed by atoms with Gasteiger partial charge in [-0.2, -0.15) is 0 Å². The highest BCUT2D eigenvalue weighted by molar-refractivity contribution is 5.85. The second kappa shape index (κ2) is 8.58. The molecule has 0 spiro atoms. The summed E-state index contributed by atoms with van der Waals surface area (Å²) in [4.78, 5) is 14.2. The van der Waals surface area contributed by atoms with E-state index in [1.807, 2.05) is 18.7 Å². The van der Waals surface area contributed by atoms with E-state index in [1.54, 1.807) is 12.1 Å². The number of hydrogen-bond acceptors (Lipinski definition) is 3. The number of piperazine rings is 1. The minimum atomic E-state index is -4.69. The lowest BCUT2D eigenvalue weighted by Gasteiger charge is -2.38. The van der Waals surface area contributed by atoms with Crippen molar-refractivity contribution in [2.45, 2.75) is 45.1 Å². The van der Waals surface area contributed by atoms with Gasteiger partial charge in [0.25, 0.3) is 0 Å². The highest BCUT2D eigenvalue weighted by atomic mass is 35.5. The van der Waals surface area contributed by atoms with E-state index in [2.05, 4.69) is 10.1 Å². The number of aryl methyl sites for hydroxylation is 1. The Bertz CT molecular complexity index is 537. The summed E-state index contributed by atoms with van der Waals surface area (Å²) in [6, 6.07) is 6.03. The Kier molecular flexibility index (Phi) is 7.35. The van der Waals surface area contributed by atoms with E-state index in [4.69, 9.17) is 0 Å². The molecule has 1 amide bonds. The number of nitrogens with one attached hydrogen (secondary N) is 1. The summed E-state index contributed by atoms with van der Waals surface area (Å²) < 4.78 is 40.1. The third-order valence-corrected chi connectivity index (χ3v) is 4.14. The van der Waals surface area contributed by atoms with E-state index < -0.39 is 6.36 Å². The molecule has 1 aliphatic rings. The Morgan fingerprint density at radius 2 is 1.92 bits per heavy atom. The van der Waals surface area contributed by atoms with Gasteiger partial charge in [-0.15, -0.1) is 25.6 Å². The van der Waals surface area contributed by atoms with Crippen molar-refractivity contribution in [3.8, 4) is 5.75 Å². The van der Waals surface area contributed by atoms with Gasteiger partial charge < -0.3 is 15.0 Å². The summed E-state index contributed by atoms with van der Waals surface area (Å²) in [5, 5.41) is 3.32. The normalized spacial score (nSPS) is 21.1. The van der Waals surface area contributed by atoms with Crippen molar-refractivity contribution in [2.75, 3.05) is 13.1 Å². The van der Waals surface area contributed by atoms with E-state index in [0.717, 1.165) is 12.1 Å². The molecule has 2 atom stereocenters. The molecule has 2 unspecified atom stereocenters. The van der Waals surface area contributed by atoms with Crippen molar-refractivity contribution >= 4 is 18.3 Å². The third-order valence-electron chi connectivity index (χ3n) is 4.14. The molecule has 24 heavy (non-hydrogen) atoms. The van der Waals surface area contributed by atoms with Gasteiger partial charge in [-0.1, -0.05) is 12.1 Å². The number of hydrogen-bond donors (Lipinski definition) is 1. The Balaban J connectivity index is 0.00000288. The van der Waals surface area contributed by atoms with Gasteiger partial charge in [-0.25, -0.2) is 0 Å². The van der Waals surface area contributed by atoms with Crippen LogP contribution in [0.25, 0.3) is 0 Å². The zero-order valence-electron chi connectivity index (χ0n) is 13.6. The van der Waals surface area contributed by atoms with E-state index in [-0.39, 0.29) is 36.1 Å². The first-order valence-corrected chi connectivity index (χ1v) is 7.64. The largest absolute Gasteiger partial charge is 0.573 e. The molecule has 136 valence electrons. The van der Waals surface area contributed by atoms with E-state index >= 15 is 0 Å². The fourth-order valence-corrected chi connectivity index (χ4v) is 2.66. The lowest BCUT2D eigenvalue weighted by Crippen LogP contribution is -2.57. The molecule has 1 fully saturated rings. The van der Waals surface area contributed by atoms with Crippen LogP contribution in [-0.2, 0) is 11.2 Å². The highest BCUT2D eigenvalue weighted by Gasteiger charge is 2.31. The van der Waals surface area contributed by atoms with Gasteiger partial charge in [0, 0.05) is 31.6 Å². The van der Waals surface area contributed by atoms with Crippen molar-refractivity contribution < 1.29 is 22.7 Å².